The molecule has 7 nitrogen and oxygen atoms in total. The van der Waals surface area contributed by atoms with Gasteiger partial charge in [-0.1, -0.05) is 12.1 Å². The first-order valence-corrected chi connectivity index (χ1v) is 11.0. The zero-order valence-corrected chi connectivity index (χ0v) is 18.7. The van der Waals surface area contributed by atoms with E-state index in [0.29, 0.717) is 22.6 Å². The maximum absolute atomic E-state index is 13.8. The first-order valence-electron chi connectivity index (χ1n) is 9.42. The first-order chi connectivity index (χ1) is 13.8. The summed E-state index contributed by atoms with van der Waals surface area (Å²) >= 11 is 0. The Morgan fingerprint density at radius 3 is 1.93 bits per heavy atom. The van der Waals surface area contributed by atoms with Gasteiger partial charge in [-0.05, 0) is 37.6 Å². The minimum absolute atomic E-state index is 0.0797. The van der Waals surface area contributed by atoms with Crippen LogP contribution in [0.2, 0.25) is 0 Å². The third-order valence-corrected chi connectivity index (χ3v) is 6.93. The number of hydrogen-bond donors (Lipinski definition) is 1. The first kappa shape index (κ1) is 23.1. The van der Waals surface area contributed by atoms with Crippen molar-refractivity contribution in [2.24, 2.45) is 0 Å². The molecule has 0 amide bonds. The van der Waals surface area contributed by atoms with Crippen LogP contribution >= 0.6 is 7.60 Å². The van der Waals surface area contributed by atoms with Gasteiger partial charge in [0.1, 0.15) is 11.4 Å². The Kier molecular flexibility index (Phi) is 7.96. The van der Waals surface area contributed by atoms with Crippen LogP contribution in [0, 0.1) is 0 Å². The van der Waals surface area contributed by atoms with Crippen molar-refractivity contribution < 1.29 is 28.2 Å². The highest BCUT2D eigenvalue weighted by Crippen LogP contribution is 2.65. The summed E-state index contributed by atoms with van der Waals surface area (Å²) in [5.74, 6) is 0.705. The molecule has 8 heteroatoms. The van der Waals surface area contributed by atoms with Crippen molar-refractivity contribution in [3.63, 3.8) is 0 Å². The van der Waals surface area contributed by atoms with Crippen LogP contribution in [-0.2, 0) is 13.6 Å². The number of phenols is 1. The van der Waals surface area contributed by atoms with Crippen LogP contribution in [0.5, 0.6) is 17.2 Å². The summed E-state index contributed by atoms with van der Waals surface area (Å²) in [6.07, 6.45) is 0. The molecule has 2 rings (SSSR count). The summed E-state index contributed by atoms with van der Waals surface area (Å²) < 4.78 is 35.7. The summed E-state index contributed by atoms with van der Waals surface area (Å²) in [6, 6.07) is 10.6. The fourth-order valence-electron chi connectivity index (χ4n) is 3.14. The Bertz CT molecular complexity index is 843. The maximum atomic E-state index is 13.8. The zero-order chi connectivity index (χ0) is 21.6. The molecule has 0 aliphatic heterocycles. The van der Waals surface area contributed by atoms with E-state index in [9.17, 15) is 9.67 Å². The molecule has 0 aromatic heterocycles. The number of hydrogen-bond acceptors (Lipinski definition) is 7. The van der Waals surface area contributed by atoms with E-state index in [2.05, 4.69) is 0 Å². The molecule has 0 spiro atoms. The van der Waals surface area contributed by atoms with E-state index in [1.165, 1.54) is 20.3 Å². The Balaban J connectivity index is 2.72. The number of phenolic OH excluding ortho intramolecular Hbond substituents is 1. The van der Waals surface area contributed by atoms with Crippen molar-refractivity contribution in [3.8, 4) is 17.2 Å². The van der Waals surface area contributed by atoms with Gasteiger partial charge >= 0.3 is 7.60 Å². The van der Waals surface area contributed by atoms with Gasteiger partial charge in [-0.3, -0.25) is 4.57 Å². The molecular formula is C21H30NO6P. The number of methoxy groups -OCH3 is 2. The van der Waals surface area contributed by atoms with Crippen LogP contribution in [0.1, 0.15) is 30.6 Å². The fourth-order valence-corrected chi connectivity index (χ4v) is 5.31. The normalized spacial score (nSPS) is 12.5. The number of ether oxygens (including phenoxy) is 2. The molecule has 1 atom stereocenters. The van der Waals surface area contributed by atoms with Crippen molar-refractivity contribution in [1.29, 1.82) is 0 Å². The average molecular weight is 423 g/mol. The molecule has 0 bridgehead atoms. The molecule has 2 aromatic rings. The monoisotopic (exact) mass is 423 g/mol. The van der Waals surface area contributed by atoms with E-state index >= 15 is 0 Å². The van der Waals surface area contributed by atoms with Gasteiger partial charge < -0.3 is 28.5 Å². The number of benzene rings is 2. The molecule has 0 heterocycles. The van der Waals surface area contributed by atoms with Gasteiger partial charge in [0.15, 0.2) is 11.5 Å². The Morgan fingerprint density at radius 2 is 1.48 bits per heavy atom. The summed E-state index contributed by atoms with van der Waals surface area (Å²) in [7, 11) is 3.21. The number of anilines is 1. The molecule has 0 unspecified atom stereocenters. The second-order valence-electron chi connectivity index (χ2n) is 6.53. The smallest absolute Gasteiger partial charge is 0.342 e. The van der Waals surface area contributed by atoms with Crippen molar-refractivity contribution in [2.45, 2.75) is 19.5 Å². The molecule has 160 valence electrons. The lowest BCUT2D eigenvalue weighted by Gasteiger charge is -2.28. The zero-order valence-electron chi connectivity index (χ0n) is 17.8. The third kappa shape index (κ3) is 5.04. The lowest BCUT2D eigenvalue weighted by atomic mass is 10.0. The van der Waals surface area contributed by atoms with Crippen LogP contribution in [0.3, 0.4) is 0 Å². The SMILES string of the molecule is CCOP(=O)(OCC)[C@@H](c1ccc(N(C)C)cc1)c1cc(OC)c(OC)cc1O. The van der Waals surface area contributed by atoms with Gasteiger partial charge in [-0.25, -0.2) is 0 Å². The van der Waals surface area contributed by atoms with Crippen molar-refractivity contribution in [3.05, 3.63) is 47.5 Å². The van der Waals surface area contributed by atoms with Crippen LogP contribution in [0.25, 0.3) is 0 Å². The fraction of sp³-hybridized carbons (Fsp3) is 0.429. The van der Waals surface area contributed by atoms with Gasteiger partial charge in [0.2, 0.25) is 0 Å². The molecule has 0 aliphatic carbocycles. The molecule has 0 aliphatic rings. The molecule has 1 N–H and O–H groups in total. The largest absolute Gasteiger partial charge is 0.507 e. The minimum Gasteiger partial charge on any atom is -0.507 e. The highest BCUT2D eigenvalue weighted by atomic mass is 31.2. The summed E-state index contributed by atoms with van der Waals surface area (Å²) in [6.45, 7) is 3.92. The lowest BCUT2D eigenvalue weighted by molar-refractivity contribution is 0.214. The van der Waals surface area contributed by atoms with E-state index in [0.717, 1.165) is 5.69 Å². The number of aromatic hydroxyl groups is 1. The van der Waals surface area contributed by atoms with Crippen molar-refractivity contribution in [2.75, 3.05) is 46.4 Å². The Hall–Kier alpha value is -2.21. The van der Waals surface area contributed by atoms with Crippen LogP contribution in [-0.4, -0.2) is 46.6 Å². The summed E-state index contributed by atoms with van der Waals surface area (Å²) in [5.41, 5.74) is 1.24. The number of nitrogens with zero attached hydrogens (tertiary/aromatic N) is 1. The highest BCUT2D eigenvalue weighted by molar-refractivity contribution is 7.54. The minimum atomic E-state index is -3.66. The maximum Gasteiger partial charge on any atom is 0.342 e. The van der Waals surface area contributed by atoms with Gasteiger partial charge in [-0.2, -0.15) is 0 Å². The van der Waals surface area contributed by atoms with Crippen LogP contribution in [0.15, 0.2) is 36.4 Å². The van der Waals surface area contributed by atoms with Gasteiger partial charge in [0.25, 0.3) is 0 Å². The molecule has 0 radical (unpaired) electrons. The predicted molar refractivity (Wildman–Crippen MR) is 115 cm³/mol. The molecule has 0 saturated heterocycles. The highest BCUT2D eigenvalue weighted by Gasteiger charge is 2.40. The topological polar surface area (TPSA) is 77.5 Å². The average Bonchev–Trinajstić information content (AvgIpc) is 2.69. The van der Waals surface area contributed by atoms with E-state index in [1.807, 2.05) is 43.3 Å². The van der Waals surface area contributed by atoms with E-state index in [4.69, 9.17) is 18.5 Å². The van der Waals surface area contributed by atoms with Gasteiger partial charge in [-0.15, -0.1) is 0 Å². The Morgan fingerprint density at radius 1 is 0.966 bits per heavy atom. The summed E-state index contributed by atoms with van der Waals surface area (Å²) in [5, 5.41) is 10.7. The van der Waals surface area contributed by atoms with E-state index in [1.54, 1.807) is 19.9 Å². The van der Waals surface area contributed by atoms with Gasteiger partial charge in [0, 0.05) is 31.4 Å². The number of rotatable bonds is 10. The quantitative estimate of drug-likeness (QED) is 0.549. The second-order valence-corrected chi connectivity index (χ2v) is 8.64. The van der Waals surface area contributed by atoms with Crippen LogP contribution in [0.4, 0.5) is 5.69 Å². The van der Waals surface area contributed by atoms with E-state index in [-0.39, 0.29) is 19.0 Å². The van der Waals surface area contributed by atoms with Crippen LogP contribution < -0.4 is 14.4 Å². The Labute approximate surface area is 172 Å². The molecule has 0 saturated carbocycles. The molecule has 0 fully saturated rings. The molecular weight excluding hydrogens is 393 g/mol. The van der Waals surface area contributed by atoms with Crippen molar-refractivity contribution in [1.82, 2.24) is 0 Å². The third-order valence-electron chi connectivity index (χ3n) is 4.49. The molecule has 29 heavy (non-hydrogen) atoms. The standard InChI is InChI=1S/C21H30NO6P/c1-7-27-29(24,28-8-2)21(15-9-11-16(12-10-15)22(3)4)17-13-19(25-5)20(26-6)14-18(17)23/h9-14,21,23H,7-8H2,1-6H3/t21-/m0/s1. The second kappa shape index (κ2) is 10.0. The van der Waals surface area contributed by atoms with Crippen molar-refractivity contribution >= 4 is 13.3 Å². The lowest BCUT2D eigenvalue weighted by Crippen LogP contribution is -2.11. The summed E-state index contributed by atoms with van der Waals surface area (Å²) in [4.78, 5) is 1.97. The van der Waals surface area contributed by atoms with Gasteiger partial charge in [0.05, 0.1) is 27.4 Å². The van der Waals surface area contributed by atoms with E-state index < -0.39 is 13.3 Å². The molecule has 2 aromatic carbocycles. The predicted octanol–water partition coefficient (Wildman–Crippen LogP) is 4.83.